The maximum absolute atomic E-state index is 13.4. The van der Waals surface area contributed by atoms with Gasteiger partial charge in [0.1, 0.15) is 5.75 Å². The summed E-state index contributed by atoms with van der Waals surface area (Å²) in [7, 11) is -2.81. The summed E-state index contributed by atoms with van der Waals surface area (Å²) in [5, 5.41) is 11.1. The Labute approximate surface area is 255 Å². The second-order valence-electron chi connectivity index (χ2n) is 14.0. The van der Waals surface area contributed by atoms with E-state index < -0.39 is 59.0 Å². The van der Waals surface area contributed by atoms with E-state index in [1.165, 1.54) is 4.90 Å². The van der Waals surface area contributed by atoms with Crippen LogP contribution in [0.3, 0.4) is 0 Å². The van der Waals surface area contributed by atoms with E-state index in [1.807, 2.05) is 24.3 Å². The Morgan fingerprint density at radius 3 is 1.93 bits per heavy atom. The van der Waals surface area contributed by atoms with Gasteiger partial charge in [-0.05, 0) is 67.8 Å². The zero-order valence-corrected chi connectivity index (χ0v) is 30.2. The molecule has 1 rings (SSSR count). The molecule has 2 atom stereocenters. The molecule has 11 heteroatoms. The molecule has 0 spiro atoms. The molecule has 0 bridgehead atoms. The predicted octanol–water partition coefficient (Wildman–Crippen LogP) is 6.23. The van der Waals surface area contributed by atoms with Crippen molar-refractivity contribution >= 4 is 34.5 Å². The number of rotatable bonds is 14. The first-order chi connectivity index (χ1) is 19.0. The highest BCUT2D eigenvalue weighted by molar-refractivity contribution is 6.75. The number of nitrogens with zero attached hydrogens (tertiary/aromatic N) is 1. The first kappa shape index (κ1) is 37.8. The van der Waals surface area contributed by atoms with Gasteiger partial charge in [-0.25, -0.2) is 4.79 Å². The molecule has 1 aromatic carbocycles. The number of benzene rings is 1. The van der Waals surface area contributed by atoms with Crippen molar-refractivity contribution in [3.05, 3.63) is 29.8 Å². The number of hydrogen-bond donors (Lipinski definition) is 1. The molecule has 0 aliphatic heterocycles. The second-order valence-corrected chi connectivity index (χ2v) is 23.5. The molecule has 0 aliphatic carbocycles. The van der Waals surface area contributed by atoms with Crippen LogP contribution in [0.2, 0.25) is 36.3 Å². The quantitative estimate of drug-likeness (QED) is 0.191. The number of carbonyl (C=O) groups excluding carboxylic acids is 3. The third-order valence-corrected chi connectivity index (χ3v) is 17.2. The molecule has 0 heterocycles. The lowest BCUT2D eigenvalue weighted by Crippen LogP contribution is -2.48. The lowest BCUT2D eigenvalue weighted by Gasteiger charge is -2.40. The summed E-state index contributed by atoms with van der Waals surface area (Å²) < 4.78 is 23.3. The minimum Gasteiger partial charge on any atom is -0.543 e. The van der Waals surface area contributed by atoms with Crippen molar-refractivity contribution in [3.63, 3.8) is 0 Å². The van der Waals surface area contributed by atoms with E-state index in [-0.39, 0.29) is 29.8 Å². The van der Waals surface area contributed by atoms with Crippen LogP contribution >= 0.6 is 0 Å². The Morgan fingerprint density at radius 2 is 1.43 bits per heavy atom. The van der Waals surface area contributed by atoms with Crippen LogP contribution in [-0.4, -0.2) is 76.9 Å². The molecule has 0 aromatic heterocycles. The van der Waals surface area contributed by atoms with Crippen LogP contribution in [0.5, 0.6) is 5.75 Å². The minimum absolute atomic E-state index is 0.0102. The van der Waals surface area contributed by atoms with Gasteiger partial charge in [0.2, 0.25) is 14.2 Å². The summed E-state index contributed by atoms with van der Waals surface area (Å²) in [6.45, 7) is 25.1. The van der Waals surface area contributed by atoms with E-state index in [4.69, 9.17) is 18.3 Å². The van der Waals surface area contributed by atoms with Crippen LogP contribution in [0.4, 0.5) is 0 Å². The average molecular weight is 626 g/mol. The van der Waals surface area contributed by atoms with Gasteiger partial charge in [0, 0.05) is 13.6 Å². The number of amides is 1. The summed E-state index contributed by atoms with van der Waals surface area (Å²) in [6, 6.07) is 7.81. The zero-order valence-electron chi connectivity index (χ0n) is 28.2. The maximum Gasteiger partial charge on any atom is 0.339 e. The fourth-order valence-corrected chi connectivity index (χ4v) is 5.93. The molecule has 1 amide bonds. The van der Waals surface area contributed by atoms with E-state index in [2.05, 4.69) is 67.7 Å². The highest BCUT2D eigenvalue weighted by atomic mass is 28.4. The second kappa shape index (κ2) is 14.5. The first-order valence-corrected chi connectivity index (χ1v) is 20.6. The Morgan fingerprint density at radius 1 is 0.881 bits per heavy atom. The van der Waals surface area contributed by atoms with Crippen molar-refractivity contribution in [1.29, 1.82) is 0 Å². The number of carbonyl (C=O) groups is 3. The third kappa shape index (κ3) is 10.5. The normalized spacial score (nSPS) is 14.9. The third-order valence-electron chi connectivity index (χ3n) is 8.36. The number of ether oxygens (including phenoxy) is 2. The summed E-state index contributed by atoms with van der Waals surface area (Å²) >= 11 is 0. The van der Waals surface area contributed by atoms with Crippen molar-refractivity contribution in [3.8, 4) is 5.75 Å². The molecule has 0 aliphatic rings. The lowest BCUT2D eigenvalue weighted by atomic mass is 9.94. The summed E-state index contributed by atoms with van der Waals surface area (Å²) in [5.41, 5.74) is -1.48. The molecule has 42 heavy (non-hydrogen) atoms. The summed E-state index contributed by atoms with van der Waals surface area (Å²) in [6.07, 6.45) is -1.82. The van der Waals surface area contributed by atoms with E-state index in [9.17, 15) is 19.5 Å². The Hall–Kier alpha value is -2.22. The smallest absolute Gasteiger partial charge is 0.339 e. The summed E-state index contributed by atoms with van der Waals surface area (Å²) in [4.78, 5) is 39.7. The molecule has 1 aromatic rings. The van der Waals surface area contributed by atoms with Gasteiger partial charge in [-0.15, -0.1) is 0 Å². The van der Waals surface area contributed by atoms with Crippen molar-refractivity contribution in [2.45, 2.75) is 116 Å². The van der Waals surface area contributed by atoms with Gasteiger partial charge >= 0.3 is 11.9 Å². The molecule has 2 unspecified atom stereocenters. The molecule has 9 nitrogen and oxygen atoms in total. The molecule has 1 N–H and O–H groups in total. The van der Waals surface area contributed by atoms with Crippen LogP contribution in [-0.2, 0) is 28.3 Å². The van der Waals surface area contributed by atoms with Gasteiger partial charge in [0.15, 0.2) is 13.9 Å². The molecular formula is C31H55NO8Si2. The topological polar surface area (TPSA) is 112 Å². The molecule has 0 radical (unpaired) electrons. The van der Waals surface area contributed by atoms with Crippen LogP contribution < -0.4 is 4.43 Å². The number of esters is 2. The van der Waals surface area contributed by atoms with E-state index in [0.717, 1.165) is 11.3 Å². The van der Waals surface area contributed by atoms with Crippen molar-refractivity contribution < 1.29 is 37.8 Å². The van der Waals surface area contributed by atoms with Gasteiger partial charge in [-0.1, -0.05) is 53.7 Å². The predicted molar refractivity (Wildman–Crippen MR) is 170 cm³/mol. The number of likely N-dealkylation sites (N-methyl/N-ethyl adjacent to an activating group) is 1. The van der Waals surface area contributed by atoms with E-state index in [0.29, 0.717) is 0 Å². The standard InChI is InChI=1S/C31H55NO8Si2/c1-14-37-27(34)21-31(36,28(35)38-15-2)20-26(33)32(9)22-25(40-42(12,13)30(6,7)8)23-17-16-18-24(19-23)39-41(10,11)29(3,4)5/h16-19,25,36H,14-15,20-22H2,1-13H3. The fourth-order valence-electron chi connectivity index (χ4n) is 3.63. The fraction of sp³-hybridized carbons (Fsp3) is 0.710. The Balaban J connectivity index is 3.39. The van der Waals surface area contributed by atoms with Crippen molar-refractivity contribution in [2.24, 2.45) is 0 Å². The molecule has 0 saturated heterocycles. The summed E-state index contributed by atoms with van der Waals surface area (Å²) in [5.74, 6) is -1.61. The molecule has 240 valence electrons. The average Bonchev–Trinajstić information content (AvgIpc) is 2.82. The maximum atomic E-state index is 13.4. The van der Waals surface area contributed by atoms with Gasteiger partial charge < -0.3 is 28.3 Å². The van der Waals surface area contributed by atoms with Gasteiger partial charge in [-0.3, -0.25) is 9.59 Å². The van der Waals surface area contributed by atoms with Crippen LogP contribution in [0.1, 0.15) is 79.9 Å². The van der Waals surface area contributed by atoms with Gasteiger partial charge in [-0.2, -0.15) is 0 Å². The van der Waals surface area contributed by atoms with Crippen molar-refractivity contribution in [1.82, 2.24) is 4.90 Å². The molecule has 0 fully saturated rings. The van der Waals surface area contributed by atoms with Crippen LogP contribution in [0.25, 0.3) is 0 Å². The number of aliphatic hydroxyl groups is 1. The van der Waals surface area contributed by atoms with Gasteiger partial charge in [0.05, 0.1) is 32.2 Å². The SMILES string of the molecule is CCOC(=O)CC(O)(CC(=O)N(C)CC(O[Si](C)(C)C(C)(C)C)c1cccc(O[Si](C)(C)C(C)(C)C)c1)C(=O)OCC. The first-order valence-electron chi connectivity index (χ1n) is 14.8. The van der Waals surface area contributed by atoms with Crippen LogP contribution in [0, 0.1) is 0 Å². The van der Waals surface area contributed by atoms with Crippen LogP contribution in [0.15, 0.2) is 24.3 Å². The number of hydrogen-bond acceptors (Lipinski definition) is 8. The zero-order chi connectivity index (χ0) is 32.7. The van der Waals surface area contributed by atoms with E-state index in [1.54, 1.807) is 20.9 Å². The highest BCUT2D eigenvalue weighted by Gasteiger charge is 2.44. The minimum atomic E-state index is -2.35. The van der Waals surface area contributed by atoms with Gasteiger partial charge in [0.25, 0.3) is 0 Å². The lowest BCUT2D eigenvalue weighted by molar-refractivity contribution is -0.175. The van der Waals surface area contributed by atoms with E-state index >= 15 is 0 Å². The molecule has 0 saturated carbocycles. The Kier molecular flexibility index (Phi) is 13.1. The monoisotopic (exact) mass is 625 g/mol. The Bertz CT molecular complexity index is 1080. The van der Waals surface area contributed by atoms with Crippen molar-refractivity contribution in [2.75, 3.05) is 26.8 Å². The highest BCUT2D eigenvalue weighted by Crippen LogP contribution is 2.41. The molecular weight excluding hydrogens is 571 g/mol. The largest absolute Gasteiger partial charge is 0.543 e.